The average molecular weight is 529 g/mol. The van der Waals surface area contributed by atoms with Crippen LogP contribution in [-0.4, -0.2) is 69.4 Å². The van der Waals surface area contributed by atoms with Crippen molar-refractivity contribution in [2.45, 2.75) is 31.5 Å². The summed E-state index contributed by atoms with van der Waals surface area (Å²) >= 11 is 0. The van der Waals surface area contributed by atoms with E-state index in [9.17, 15) is 19.2 Å². The SMILES string of the molecule is COC(=O)C1(C(=O)OC)[C@@H](CCCNC(=O)OCc2ccccc2)C(=O)N1Cc1ccc(OC)cc1OC. The van der Waals surface area contributed by atoms with Crippen LogP contribution in [0.1, 0.15) is 24.0 Å². The van der Waals surface area contributed by atoms with Gasteiger partial charge >= 0.3 is 18.0 Å². The Morgan fingerprint density at radius 2 is 1.63 bits per heavy atom. The maximum Gasteiger partial charge on any atom is 0.407 e. The first kappa shape index (κ1) is 28.3. The topological polar surface area (TPSA) is 130 Å². The number of carbonyl (C=O) groups excluding carboxylic acids is 4. The smallest absolute Gasteiger partial charge is 0.407 e. The highest BCUT2D eigenvalue weighted by Gasteiger charge is 2.71. The number of nitrogens with one attached hydrogen (secondary N) is 1. The molecule has 0 bridgehead atoms. The van der Waals surface area contributed by atoms with E-state index in [2.05, 4.69) is 5.32 Å². The number of amides is 2. The predicted octanol–water partition coefficient (Wildman–Crippen LogP) is 2.45. The van der Waals surface area contributed by atoms with Gasteiger partial charge in [-0.2, -0.15) is 0 Å². The molecule has 0 aromatic heterocycles. The number of ether oxygens (including phenoxy) is 5. The molecule has 38 heavy (non-hydrogen) atoms. The van der Waals surface area contributed by atoms with Crippen LogP contribution in [0.15, 0.2) is 48.5 Å². The van der Waals surface area contributed by atoms with E-state index < -0.39 is 35.4 Å². The van der Waals surface area contributed by atoms with Crippen molar-refractivity contribution in [3.63, 3.8) is 0 Å². The zero-order valence-electron chi connectivity index (χ0n) is 21.9. The van der Waals surface area contributed by atoms with Crippen molar-refractivity contribution in [1.82, 2.24) is 10.2 Å². The largest absolute Gasteiger partial charge is 0.497 e. The first-order valence-electron chi connectivity index (χ1n) is 12.0. The van der Waals surface area contributed by atoms with Crippen LogP contribution in [0.5, 0.6) is 11.5 Å². The summed E-state index contributed by atoms with van der Waals surface area (Å²) in [4.78, 5) is 52.5. The Labute approximate surface area is 220 Å². The van der Waals surface area contributed by atoms with Crippen molar-refractivity contribution >= 4 is 23.9 Å². The lowest BCUT2D eigenvalue weighted by Crippen LogP contribution is -2.78. The molecule has 1 aliphatic rings. The Morgan fingerprint density at radius 3 is 2.24 bits per heavy atom. The van der Waals surface area contributed by atoms with Crippen LogP contribution in [0.3, 0.4) is 0 Å². The molecule has 2 amide bonds. The number of β-lactam (4-membered cyclic amide) rings is 1. The number of nitrogens with zero attached hydrogens (tertiary/aromatic N) is 1. The predicted molar refractivity (Wildman–Crippen MR) is 134 cm³/mol. The Hall–Kier alpha value is -4.28. The van der Waals surface area contributed by atoms with Gasteiger partial charge in [0.25, 0.3) is 5.54 Å². The molecule has 0 saturated carbocycles. The first-order valence-corrected chi connectivity index (χ1v) is 12.0. The summed E-state index contributed by atoms with van der Waals surface area (Å²) < 4.78 is 25.7. The summed E-state index contributed by atoms with van der Waals surface area (Å²) in [5.41, 5.74) is -0.573. The Kier molecular flexibility index (Phi) is 9.53. The van der Waals surface area contributed by atoms with Crippen molar-refractivity contribution in [3.8, 4) is 11.5 Å². The number of esters is 2. The molecule has 0 aliphatic carbocycles. The fourth-order valence-corrected chi connectivity index (χ4v) is 4.52. The molecule has 1 saturated heterocycles. The monoisotopic (exact) mass is 528 g/mol. The highest BCUT2D eigenvalue weighted by molar-refractivity contribution is 6.16. The highest BCUT2D eigenvalue weighted by atomic mass is 16.6. The summed E-state index contributed by atoms with van der Waals surface area (Å²) in [5, 5.41) is 2.62. The molecule has 3 rings (SSSR count). The number of likely N-dealkylation sites (tertiary alicyclic amines) is 1. The second kappa shape index (κ2) is 12.8. The van der Waals surface area contributed by atoms with Crippen molar-refractivity contribution in [3.05, 3.63) is 59.7 Å². The van der Waals surface area contributed by atoms with E-state index in [4.69, 9.17) is 23.7 Å². The number of alkyl carbamates (subject to hydrolysis) is 1. The lowest BCUT2D eigenvalue weighted by molar-refractivity contribution is -0.203. The summed E-state index contributed by atoms with van der Waals surface area (Å²) in [6.07, 6.45) is -0.195. The van der Waals surface area contributed by atoms with Gasteiger partial charge in [0.15, 0.2) is 0 Å². The third kappa shape index (κ3) is 5.66. The van der Waals surface area contributed by atoms with Crippen molar-refractivity contribution < 1.29 is 42.9 Å². The van der Waals surface area contributed by atoms with Gasteiger partial charge in [-0.3, -0.25) is 4.79 Å². The van der Waals surface area contributed by atoms with Gasteiger partial charge in [0, 0.05) is 18.2 Å². The second-order valence-corrected chi connectivity index (χ2v) is 8.54. The minimum absolute atomic E-state index is 0.100. The third-order valence-corrected chi connectivity index (χ3v) is 6.46. The summed E-state index contributed by atoms with van der Waals surface area (Å²) in [6, 6.07) is 14.2. The maximum absolute atomic E-state index is 13.3. The molecule has 0 spiro atoms. The maximum atomic E-state index is 13.3. The molecular formula is C27H32N2O9. The molecule has 11 nitrogen and oxygen atoms in total. The van der Waals surface area contributed by atoms with Gasteiger partial charge < -0.3 is 33.9 Å². The van der Waals surface area contributed by atoms with E-state index >= 15 is 0 Å². The minimum atomic E-state index is -1.97. The zero-order valence-corrected chi connectivity index (χ0v) is 21.9. The first-order chi connectivity index (χ1) is 18.3. The number of hydrogen-bond donors (Lipinski definition) is 1. The van der Waals surface area contributed by atoms with Gasteiger partial charge in [0.1, 0.15) is 18.1 Å². The fraction of sp³-hybridized carbons (Fsp3) is 0.407. The summed E-state index contributed by atoms with van der Waals surface area (Å²) in [6.45, 7) is 0.185. The Bertz CT molecular complexity index is 1140. The van der Waals surface area contributed by atoms with Gasteiger partial charge in [0.2, 0.25) is 5.91 Å². The van der Waals surface area contributed by atoms with E-state index in [1.54, 1.807) is 18.2 Å². The second-order valence-electron chi connectivity index (χ2n) is 8.54. The van der Waals surface area contributed by atoms with Crippen LogP contribution in [0.4, 0.5) is 4.79 Å². The molecule has 1 N–H and O–H groups in total. The molecule has 204 valence electrons. The van der Waals surface area contributed by atoms with Crippen LogP contribution in [0.2, 0.25) is 0 Å². The Morgan fingerprint density at radius 1 is 0.947 bits per heavy atom. The van der Waals surface area contributed by atoms with E-state index in [1.165, 1.54) is 14.2 Å². The molecule has 2 aromatic rings. The van der Waals surface area contributed by atoms with E-state index in [0.29, 0.717) is 23.5 Å². The van der Waals surface area contributed by atoms with E-state index in [1.807, 2.05) is 30.3 Å². The van der Waals surface area contributed by atoms with Crippen LogP contribution in [0, 0.1) is 5.92 Å². The third-order valence-electron chi connectivity index (χ3n) is 6.46. The zero-order chi connectivity index (χ0) is 27.7. The fourth-order valence-electron chi connectivity index (χ4n) is 4.52. The van der Waals surface area contributed by atoms with Crippen molar-refractivity contribution in [2.24, 2.45) is 5.92 Å². The highest BCUT2D eigenvalue weighted by Crippen LogP contribution is 2.45. The van der Waals surface area contributed by atoms with Gasteiger partial charge in [-0.25, -0.2) is 14.4 Å². The molecule has 1 heterocycles. The number of carbonyl (C=O) groups is 4. The van der Waals surface area contributed by atoms with Gasteiger partial charge in [0.05, 0.1) is 40.9 Å². The molecule has 1 fully saturated rings. The standard InChI is InChI=1S/C27H32N2O9/c1-34-20-13-12-19(22(15-20)35-2)16-29-23(30)21(27(29,24(31)36-3)25(32)37-4)11-8-14-28-26(33)38-17-18-9-6-5-7-10-18/h5-7,9-10,12-13,15,21H,8,11,14,16-17H2,1-4H3,(H,28,33)/t21-/m0/s1. The molecule has 1 atom stereocenters. The van der Waals surface area contributed by atoms with E-state index in [-0.39, 0.29) is 26.1 Å². The lowest BCUT2D eigenvalue weighted by Gasteiger charge is -2.53. The number of hydrogen-bond acceptors (Lipinski definition) is 9. The number of benzene rings is 2. The number of rotatable bonds is 12. The van der Waals surface area contributed by atoms with Crippen molar-refractivity contribution in [2.75, 3.05) is 35.0 Å². The number of methoxy groups -OCH3 is 4. The van der Waals surface area contributed by atoms with Gasteiger partial charge in [-0.1, -0.05) is 30.3 Å². The average Bonchev–Trinajstić information content (AvgIpc) is 2.96. The molecular weight excluding hydrogens is 496 g/mol. The molecule has 0 radical (unpaired) electrons. The molecule has 2 aromatic carbocycles. The van der Waals surface area contributed by atoms with Gasteiger partial charge in [-0.05, 0) is 30.5 Å². The van der Waals surface area contributed by atoms with Crippen molar-refractivity contribution in [1.29, 1.82) is 0 Å². The lowest BCUT2D eigenvalue weighted by atomic mass is 9.70. The summed E-state index contributed by atoms with van der Waals surface area (Å²) in [5.74, 6) is -2.31. The summed E-state index contributed by atoms with van der Waals surface area (Å²) in [7, 11) is 5.26. The van der Waals surface area contributed by atoms with Crippen LogP contribution < -0.4 is 14.8 Å². The molecule has 11 heteroatoms. The van der Waals surface area contributed by atoms with Crippen LogP contribution in [0.25, 0.3) is 0 Å². The molecule has 0 unspecified atom stereocenters. The van der Waals surface area contributed by atoms with Gasteiger partial charge in [-0.15, -0.1) is 0 Å². The van der Waals surface area contributed by atoms with Crippen LogP contribution in [-0.2, 0) is 41.7 Å². The minimum Gasteiger partial charge on any atom is -0.497 e. The van der Waals surface area contributed by atoms with Crippen LogP contribution >= 0.6 is 0 Å². The quantitative estimate of drug-likeness (QED) is 0.145. The van der Waals surface area contributed by atoms with E-state index in [0.717, 1.165) is 24.7 Å². The molecule has 1 aliphatic heterocycles. The normalized spacial score (nSPS) is 15.6. The Balaban J connectivity index is 1.70.